The van der Waals surface area contributed by atoms with E-state index in [0.717, 1.165) is 33.3 Å². The molecule has 0 fully saturated rings. The number of fused-ring (bicyclic) bond motifs is 1. The molecule has 0 bridgehead atoms. The average molecular weight is 679 g/mol. The zero-order valence-electron chi connectivity index (χ0n) is 26.1. The first-order chi connectivity index (χ1) is 23.2. The number of aromatic carboxylic acids is 1. The van der Waals surface area contributed by atoms with Crippen LogP contribution in [0.5, 0.6) is 5.75 Å². The third-order valence-electron chi connectivity index (χ3n) is 8.46. The van der Waals surface area contributed by atoms with E-state index in [1.54, 1.807) is 24.3 Å². The van der Waals surface area contributed by atoms with Crippen LogP contribution in [0.15, 0.2) is 133 Å². The first kappa shape index (κ1) is 33.0. The van der Waals surface area contributed by atoms with Crippen molar-refractivity contribution in [3.05, 3.63) is 172 Å². The highest BCUT2D eigenvalue weighted by molar-refractivity contribution is 7.91. The molecule has 3 N–H and O–H groups in total. The van der Waals surface area contributed by atoms with E-state index in [9.17, 15) is 18.3 Å². The van der Waals surface area contributed by atoms with E-state index in [0.29, 0.717) is 22.8 Å². The number of nitrogens with zero attached hydrogens (tertiary/aromatic N) is 1. The van der Waals surface area contributed by atoms with Crippen molar-refractivity contribution in [3.63, 3.8) is 0 Å². The molecule has 0 aliphatic heterocycles. The fourth-order valence-corrected chi connectivity index (χ4v) is 7.61. The van der Waals surface area contributed by atoms with Gasteiger partial charge in [-0.1, -0.05) is 109 Å². The van der Waals surface area contributed by atoms with E-state index in [1.165, 1.54) is 12.1 Å². The fourth-order valence-electron chi connectivity index (χ4n) is 6.16. The molecular formula is C39H35ClN2O5S. The van der Waals surface area contributed by atoms with Crippen molar-refractivity contribution in [1.29, 1.82) is 0 Å². The zero-order chi connectivity index (χ0) is 33.7. The Morgan fingerprint density at radius 3 is 1.98 bits per heavy atom. The van der Waals surface area contributed by atoms with E-state index < -0.39 is 21.2 Å². The smallest absolute Gasteiger partial charge is 0.335 e. The molecule has 6 aromatic rings. The van der Waals surface area contributed by atoms with E-state index in [4.69, 9.17) is 22.1 Å². The molecule has 5 aromatic carbocycles. The number of carboxylic acids is 1. The van der Waals surface area contributed by atoms with Crippen molar-refractivity contribution in [2.75, 3.05) is 6.61 Å². The maximum atomic E-state index is 13.8. The lowest BCUT2D eigenvalue weighted by Gasteiger charge is -2.26. The number of rotatable bonds is 13. The third-order valence-corrected chi connectivity index (χ3v) is 10.5. The Balaban J connectivity index is 1.48. The molecule has 1 aromatic heterocycles. The molecule has 0 aliphatic rings. The fraction of sp³-hybridized carbons (Fsp3) is 0.154. The minimum Gasteiger partial charge on any atom is -0.493 e. The molecule has 6 rings (SSSR count). The monoisotopic (exact) mass is 678 g/mol. The van der Waals surface area contributed by atoms with Gasteiger partial charge < -0.3 is 20.1 Å². The molecule has 7 nitrogen and oxygen atoms in total. The summed E-state index contributed by atoms with van der Waals surface area (Å²) in [5, 5.41) is 9.55. The van der Waals surface area contributed by atoms with Crippen LogP contribution in [-0.4, -0.2) is 36.0 Å². The zero-order valence-corrected chi connectivity index (χ0v) is 27.6. The van der Waals surface area contributed by atoms with Crippen LogP contribution < -0.4 is 10.5 Å². The van der Waals surface area contributed by atoms with Gasteiger partial charge in [-0.25, -0.2) is 13.2 Å². The normalized spacial score (nSPS) is 12.3. The topological polar surface area (TPSA) is 112 Å². The predicted molar refractivity (Wildman–Crippen MR) is 190 cm³/mol. The average Bonchev–Trinajstić information content (AvgIpc) is 3.37. The Morgan fingerprint density at radius 2 is 1.40 bits per heavy atom. The largest absolute Gasteiger partial charge is 0.493 e. The molecule has 0 saturated carbocycles. The van der Waals surface area contributed by atoms with Crippen molar-refractivity contribution in [3.8, 4) is 5.75 Å². The summed E-state index contributed by atoms with van der Waals surface area (Å²) in [5.74, 6) is -0.656. The molecule has 1 atom stereocenters. The van der Waals surface area contributed by atoms with Crippen LogP contribution in [0, 0.1) is 0 Å². The molecule has 0 aliphatic carbocycles. The lowest BCUT2D eigenvalue weighted by molar-refractivity contribution is 0.0697. The number of sulfone groups is 1. The number of ether oxygens (including phenoxy) is 1. The number of aromatic nitrogens is 1. The highest BCUT2D eigenvalue weighted by Crippen LogP contribution is 2.38. The summed E-state index contributed by atoms with van der Waals surface area (Å²) < 4.78 is 35.8. The predicted octanol–water partition coefficient (Wildman–Crippen LogP) is 7.69. The Morgan fingerprint density at radius 1 is 0.812 bits per heavy atom. The van der Waals surface area contributed by atoms with E-state index in [1.807, 2.05) is 72.8 Å². The molecular weight excluding hydrogens is 644 g/mol. The summed E-state index contributed by atoms with van der Waals surface area (Å²) in [6.45, 7) is 0.258. The van der Waals surface area contributed by atoms with Gasteiger partial charge in [0.05, 0.1) is 29.5 Å². The lowest BCUT2D eigenvalue weighted by Crippen LogP contribution is -2.35. The number of carboxylic acid groups (broad SMARTS) is 1. The van der Waals surface area contributed by atoms with Crippen LogP contribution in [0.2, 0.25) is 5.02 Å². The van der Waals surface area contributed by atoms with Gasteiger partial charge in [-0.15, -0.1) is 0 Å². The van der Waals surface area contributed by atoms with Gasteiger partial charge in [-0.3, -0.25) is 0 Å². The van der Waals surface area contributed by atoms with Gasteiger partial charge in [-0.2, -0.15) is 0 Å². The number of hydrogen-bond donors (Lipinski definition) is 2. The quantitative estimate of drug-likeness (QED) is 0.130. The minimum atomic E-state index is -3.76. The van der Waals surface area contributed by atoms with Crippen LogP contribution in [0.1, 0.15) is 44.3 Å². The van der Waals surface area contributed by atoms with Crippen molar-refractivity contribution in [1.82, 2.24) is 4.57 Å². The van der Waals surface area contributed by atoms with E-state index in [2.05, 4.69) is 28.8 Å². The van der Waals surface area contributed by atoms with Crippen LogP contribution in [0.25, 0.3) is 10.9 Å². The SMILES string of the molecule is NC(Cc1c(CCOc2ccc(C(=O)O)cc2)c2ccc(Cl)cc2n1C(c1ccccc1)c1ccccc1)S(=O)(=O)Cc1ccccc1. The number of carbonyl (C=O) groups is 1. The van der Waals surface area contributed by atoms with Gasteiger partial charge >= 0.3 is 5.97 Å². The van der Waals surface area contributed by atoms with Crippen molar-refractivity contribution in [2.45, 2.75) is 30.0 Å². The third kappa shape index (κ3) is 7.31. The van der Waals surface area contributed by atoms with Gasteiger partial charge in [-0.05, 0) is 58.7 Å². The highest BCUT2D eigenvalue weighted by Gasteiger charge is 2.30. The number of halogens is 1. The molecule has 244 valence electrons. The van der Waals surface area contributed by atoms with Gasteiger partial charge in [0, 0.05) is 28.9 Å². The van der Waals surface area contributed by atoms with Gasteiger partial charge in [0.1, 0.15) is 11.1 Å². The molecule has 48 heavy (non-hydrogen) atoms. The first-order valence-corrected chi connectivity index (χ1v) is 17.7. The van der Waals surface area contributed by atoms with Gasteiger partial charge in [0.15, 0.2) is 9.84 Å². The Bertz CT molecular complexity index is 2080. The summed E-state index contributed by atoms with van der Waals surface area (Å²) in [4.78, 5) is 11.3. The molecule has 1 heterocycles. The van der Waals surface area contributed by atoms with Gasteiger partial charge in [0.2, 0.25) is 0 Å². The maximum Gasteiger partial charge on any atom is 0.335 e. The van der Waals surface area contributed by atoms with Crippen LogP contribution in [0.4, 0.5) is 0 Å². The van der Waals surface area contributed by atoms with Crippen LogP contribution in [-0.2, 0) is 28.4 Å². The number of benzene rings is 5. The Kier molecular flexibility index (Phi) is 9.96. The summed E-state index contributed by atoms with van der Waals surface area (Å²) in [7, 11) is -3.76. The summed E-state index contributed by atoms with van der Waals surface area (Å²) in [6, 6.07) is 40.8. The minimum absolute atomic E-state index is 0.0558. The molecule has 9 heteroatoms. The second-order valence-electron chi connectivity index (χ2n) is 11.6. The standard InChI is InChI=1S/C39H35ClN2O5S/c40-31-18-21-33-34(22-23-47-32-19-16-30(17-20-32)39(43)44)36(25-37(41)48(45,46)26-27-10-4-1-5-11-27)42(35(33)24-31)38(28-12-6-2-7-13-28)29-14-8-3-9-15-29/h1-21,24,37-38H,22-23,25-26,41H2,(H,43,44). The number of hydrogen-bond acceptors (Lipinski definition) is 5. The molecule has 0 amide bonds. The second-order valence-corrected chi connectivity index (χ2v) is 14.3. The van der Waals surface area contributed by atoms with Crippen molar-refractivity contribution < 1.29 is 23.1 Å². The molecule has 0 saturated heterocycles. The molecule has 0 spiro atoms. The Labute approximate surface area is 285 Å². The first-order valence-electron chi connectivity index (χ1n) is 15.6. The number of nitrogens with two attached hydrogens (primary N) is 1. The van der Waals surface area contributed by atoms with E-state index >= 15 is 0 Å². The van der Waals surface area contributed by atoms with Gasteiger partial charge in [0.25, 0.3) is 0 Å². The van der Waals surface area contributed by atoms with Crippen molar-refractivity contribution in [2.24, 2.45) is 5.73 Å². The Hall–Kier alpha value is -4.89. The van der Waals surface area contributed by atoms with Crippen LogP contribution in [0.3, 0.4) is 0 Å². The van der Waals surface area contributed by atoms with Crippen molar-refractivity contribution >= 4 is 38.3 Å². The highest BCUT2D eigenvalue weighted by atomic mass is 35.5. The molecule has 1 unspecified atom stereocenters. The maximum absolute atomic E-state index is 13.8. The summed E-state index contributed by atoms with van der Waals surface area (Å²) in [5.41, 5.74) is 12.1. The second kappa shape index (κ2) is 14.5. The summed E-state index contributed by atoms with van der Waals surface area (Å²) in [6.07, 6.45) is 0.489. The lowest BCUT2D eigenvalue weighted by atomic mass is 9.97. The molecule has 0 radical (unpaired) electrons. The summed E-state index contributed by atoms with van der Waals surface area (Å²) >= 11 is 6.64. The van der Waals surface area contributed by atoms with Crippen LogP contribution >= 0.6 is 11.6 Å². The van der Waals surface area contributed by atoms with E-state index in [-0.39, 0.29) is 30.4 Å².